The third-order valence-corrected chi connectivity index (χ3v) is 6.30. The zero-order valence-corrected chi connectivity index (χ0v) is 13.0. The van der Waals surface area contributed by atoms with E-state index in [9.17, 15) is 0 Å². The van der Waals surface area contributed by atoms with E-state index in [0.29, 0.717) is 0 Å². The number of nitrogens with one attached hydrogen (secondary N) is 1. The quantitative estimate of drug-likeness (QED) is 0.880. The normalized spacial score (nSPS) is 19.7. The summed E-state index contributed by atoms with van der Waals surface area (Å²) in [5, 5.41) is 3.32. The molecule has 0 spiro atoms. The van der Waals surface area contributed by atoms with E-state index in [-0.39, 0.29) is 18.9 Å². The van der Waals surface area contributed by atoms with Gasteiger partial charge in [-0.1, -0.05) is 22.9 Å². The van der Waals surface area contributed by atoms with Crippen molar-refractivity contribution in [1.29, 1.82) is 0 Å². The Labute approximate surface area is 125 Å². The Morgan fingerprint density at radius 3 is 3.06 bits per heavy atom. The third-order valence-electron chi connectivity index (χ3n) is 2.39. The fourth-order valence-electron chi connectivity index (χ4n) is 1.58. The van der Waals surface area contributed by atoms with Crippen LogP contribution in [0.2, 0.25) is 0 Å². The van der Waals surface area contributed by atoms with Crippen LogP contribution < -0.4 is 5.32 Å². The predicted octanol–water partition coefficient (Wildman–Crippen LogP) is 3.10. The van der Waals surface area contributed by atoms with Crippen molar-refractivity contribution in [2.45, 2.75) is 9.78 Å². The number of nitrogens with zero attached hydrogens (tertiary/aromatic N) is 1. The lowest BCUT2D eigenvalue weighted by Gasteiger charge is -2.21. The molecule has 1 aromatic carbocycles. The third kappa shape index (κ3) is 3.55. The van der Waals surface area contributed by atoms with Gasteiger partial charge in [-0.05, 0) is 22.9 Å². The molecule has 0 amide bonds. The van der Waals surface area contributed by atoms with E-state index in [1.165, 1.54) is 4.70 Å². The maximum atomic E-state index is 5.63. The molecule has 1 aliphatic rings. The number of morpholine rings is 1. The van der Waals surface area contributed by atoms with Crippen LogP contribution in [0.25, 0.3) is 10.2 Å². The molecular weight excluding hydrogens is 304 g/mol. The standard InChI is InChI=1S/C11H12N2OS3.H2S/c1-2-4-9-8(3-1)13-11(15-9)17-16-10-7-12-5-6-14-10;/h1-4,10,12H,5-7H2;1H2. The molecule has 3 nitrogen and oxygen atoms in total. The Bertz CT molecular complexity index is 466. The maximum Gasteiger partial charge on any atom is 0.161 e. The van der Waals surface area contributed by atoms with Crippen molar-refractivity contribution < 1.29 is 4.74 Å². The first-order chi connectivity index (χ1) is 8.42. The molecule has 1 unspecified atom stereocenters. The summed E-state index contributed by atoms with van der Waals surface area (Å²) in [5.74, 6) is 0. The van der Waals surface area contributed by atoms with Gasteiger partial charge in [0, 0.05) is 13.1 Å². The van der Waals surface area contributed by atoms with Crippen LogP contribution in [0.5, 0.6) is 0 Å². The van der Waals surface area contributed by atoms with E-state index in [2.05, 4.69) is 28.5 Å². The SMILES string of the molecule is S.c1ccc2sc(SSC3CNCCO3)nc2c1. The molecule has 1 aromatic heterocycles. The first-order valence-electron chi connectivity index (χ1n) is 5.43. The van der Waals surface area contributed by atoms with Crippen molar-refractivity contribution in [2.75, 3.05) is 19.7 Å². The molecule has 1 atom stereocenters. The molecule has 1 aliphatic heterocycles. The monoisotopic (exact) mass is 318 g/mol. The fourth-order valence-corrected chi connectivity index (χ4v) is 5.06. The lowest BCUT2D eigenvalue weighted by Crippen LogP contribution is -2.36. The Morgan fingerprint density at radius 2 is 2.28 bits per heavy atom. The first kappa shape index (κ1) is 14.5. The minimum Gasteiger partial charge on any atom is -0.364 e. The van der Waals surface area contributed by atoms with Gasteiger partial charge >= 0.3 is 0 Å². The van der Waals surface area contributed by atoms with Gasteiger partial charge in [0.2, 0.25) is 0 Å². The van der Waals surface area contributed by atoms with Gasteiger partial charge in [-0.3, -0.25) is 0 Å². The van der Waals surface area contributed by atoms with Crippen molar-refractivity contribution in [3.05, 3.63) is 24.3 Å². The average Bonchev–Trinajstić information content (AvgIpc) is 2.80. The van der Waals surface area contributed by atoms with E-state index in [0.717, 1.165) is 29.6 Å². The van der Waals surface area contributed by atoms with Crippen LogP contribution in [0, 0.1) is 0 Å². The van der Waals surface area contributed by atoms with Crippen LogP contribution >= 0.6 is 46.4 Å². The Hall–Kier alpha value is 0.0800. The highest BCUT2D eigenvalue weighted by molar-refractivity contribution is 8.77. The summed E-state index contributed by atoms with van der Waals surface area (Å²) in [5.41, 5.74) is 1.32. The highest BCUT2D eigenvalue weighted by atomic mass is 33.1. The first-order valence-corrected chi connectivity index (χ1v) is 8.46. The minimum atomic E-state index is 0. The number of hydrogen-bond acceptors (Lipinski definition) is 6. The van der Waals surface area contributed by atoms with Crippen LogP contribution in [0.4, 0.5) is 0 Å². The van der Waals surface area contributed by atoms with Crippen LogP contribution in [0.15, 0.2) is 28.6 Å². The summed E-state index contributed by atoms with van der Waals surface area (Å²) in [6.45, 7) is 2.68. The fraction of sp³-hybridized carbons (Fsp3) is 0.364. The van der Waals surface area contributed by atoms with Gasteiger partial charge < -0.3 is 10.1 Å². The highest BCUT2D eigenvalue weighted by Gasteiger charge is 2.15. The maximum absolute atomic E-state index is 5.63. The highest BCUT2D eigenvalue weighted by Crippen LogP contribution is 2.39. The van der Waals surface area contributed by atoms with Crippen molar-refractivity contribution >= 4 is 56.6 Å². The molecule has 1 fully saturated rings. The molecule has 1 saturated heterocycles. The van der Waals surface area contributed by atoms with Gasteiger partial charge in [-0.25, -0.2) is 4.98 Å². The largest absolute Gasteiger partial charge is 0.364 e. The molecule has 0 radical (unpaired) electrons. The molecule has 0 aliphatic carbocycles. The second kappa shape index (κ2) is 7.02. The van der Waals surface area contributed by atoms with Crippen LogP contribution in [-0.4, -0.2) is 30.1 Å². The molecule has 0 saturated carbocycles. The molecular formula is C11H14N2OS4. The minimum absolute atomic E-state index is 0. The van der Waals surface area contributed by atoms with E-state index in [1.807, 2.05) is 6.07 Å². The van der Waals surface area contributed by atoms with Crippen molar-refractivity contribution in [1.82, 2.24) is 10.3 Å². The average molecular weight is 319 g/mol. The zero-order valence-electron chi connectivity index (χ0n) is 9.59. The molecule has 2 aromatic rings. The summed E-state index contributed by atoms with van der Waals surface area (Å²) < 4.78 is 7.98. The molecule has 18 heavy (non-hydrogen) atoms. The van der Waals surface area contributed by atoms with E-state index in [4.69, 9.17) is 4.74 Å². The summed E-state index contributed by atoms with van der Waals surface area (Å²) in [7, 11) is 3.46. The lowest BCUT2D eigenvalue weighted by molar-refractivity contribution is 0.0862. The van der Waals surface area contributed by atoms with Crippen molar-refractivity contribution in [2.24, 2.45) is 0 Å². The summed E-state index contributed by atoms with van der Waals surface area (Å²) in [6.07, 6.45) is 0. The van der Waals surface area contributed by atoms with Gasteiger partial charge in [0.1, 0.15) is 5.44 Å². The summed E-state index contributed by atoms with van der Waals surface area (Å²) >= 11 is 1.74. The molecule has 0 bridgehead atoms. The van der Waals surface area contributed by atoms with E-state index < -0.39 is 0 Å². The Kier molecular flexibility index (Phi) is 5.65. The van der Waals surface area contributed by atoms with Crippen molar-refractivity contribution in [3.8, 4) is 0 Å². The molecule has 2 heterocycles. The second-order valence-corrected chi connectivity index (χ2v) is 7.27. The number of ether oxygens (including phenoxy) is 1. The number of aromatic nitrogens is 1. The smallest absolute Gasteiger partial charge is 0.161 e. The number of fused-ring (bicyclic) bond motifs is 1. The number of hydrogen-bond donors (Lipinski definition) is 1. The molecule has 7 heteroatoms. The van der Waals surface area contributed by atoms with E-state index >= 15 is 0 Å². The molecule has 1 N–H and O–H groups in total. The second-order valence-electron chi connectivity index (χ2n) is 3.63. The lowest BCUT2D eigenvalue weighted by atomic mass is 10.3. The van der Waals surface area contributed by atoms with Gasteiger partial charge in [0.25, 0.3) is 0 Å². The van der Waals surface area contributed by atoms with Gasteiger partial charge in [0.05, 0.1) is 16.8 Å². The number of para-hydroxylation sites is 1. The number of benzene rings is 1. The van der Waals surface area contributed by atoms with Gasteiger partial charge in [-0.15, -0.1) is 11.3 Å². The van der Waals surface area contributed by atoms with Crippen LogP contribution in [-0.2, 0) is 4.74 Å². The summed E-state index contributed by atoms with van der Waals surface area (Å²) in [6, 6.07) is 8.24. The van der Waals surface area contributed by atoms with Gasteiger partial charge in [-0.2, -0.15) is 13.5 Å². The molecule has 3 rings (SSSR count). The Balaban J connectivity index is 0.00000120. The predicted molar refractivity (Wildman–Crippen MR) is 86.1 cm³/mol. The number of thiazole rings is 1. The zero-order chi connectivity index (χ0) is 11.5. The van der Waals surface area contributed by atoms with E-state index in [1.54, 1.807) is 32.9 Å². The summed E-state index contributed by atoms with van der Waals surface area (Å²) in [4.78, 5) is 4.58. The van der Waals surface area contributed by atoms with Gasteiger partial charge in [0.15, 0.2) is 4.34 Å². The van der Waals surface area contributed by atoms with Crippen molar-refractivity contribution in [3.63, 3.8) is 0 Å². The number of rotatable bonds is 3. The molecule has 98 valence electrons. The Morgan fingerprint density at radius 1 is 1.39 bits per heavy atom. The van der Waals surface area contributed by atoms with Crippen LogP contribution in [0.3, 0.4) is 0 Å². The van der Waals surface area contributed by atoms with Crippen LogP contribution in [0.1, 0.15) is 0 Å². The topological polar surface area (TPSA) is 34.1 Å².